The Morgan fingerprint density at radius 1 is 1.27 bits per heavy atom. The normalized spacial score (nSPS) is 21.7. The molecule has 26 heavy (non-hydrogen) atoms. The van der Waals surface area contributed by atoms with Gasteiger partial charge in [0.1, 0.15) is 10.6 Å². The number of furan rings is 1. The number of aryl methyl sites for hydroxylation is 1. The van der Waals surface area contributed by atoms with E-state index < -0.39 is 0 Å². The number of aromatic nitrogens is 1. The summed E-state index contributed by atoms with van der Waals surface area (Å²) in [7, 11) is 0. The van der Waals surface area contributed by atoms with Crippen molar-refractivity contribution in [2.75, 3.05) is 0 Å². The van der Waals surface area contributed by atoms with Crippen molar-refractivity contribution < 1.29 is 9.21 Å². The van der Waals surface area contributed by atoms with E-state index in [1.807, 2.05) is 23.5 Å². The molecule has 0 aromatic carbocycles. The highest BCUT2D eigenvalue weighted by Crippen LogP contribution is 2.47. The van der Waals surface area contributed by atoms with Crippen LogP contribution in [-0.2, 0) is 19.3 Å². The molecule has 0 N–H and O–H groups in total. The summed E-state index contributed by atoms with van der Waals surface area (Å²) in [6.45, 7) is 6.64. The van der Waals surface area contributed by atoms with E-state index in [-0.39, 0.29) is 11.2 Å². The van der Waals surface area contributed by atoms with Gasteiger partial charge in [-0.15, -0.1) is 11.3 Å². The van der Waals surface area contributed by atoms with Crippen molar-refractivity contribution in [3.05, 3.63) is 40.1 Å². The Bertz CT molecular complexity index is 1030. The van der Waals surface area contributed by atoms with Gasteiger partial charge in [0.2, 0.25) is 0 Å². The molecule has 134 valence electrons. The molecule has 2 aliphatic rings. The van der Waals surface area contributed by atoms with Gasteiger partial charge < -0.3 is 4.42 Å². The van der Waals surface area contributed by atoms with E-state index in [9.17, 15) is 4.79 Å². The summed E-state index contributed by atoms with van der Waals surface area (Å²) in [4.78, 5) is 20.7. The number of rotatable bonds is 1. The topological polar surface area (TPSA) is 43.1 Å². The quantitative estimate of drug-likeness (QED) is 0.544. The Morgan fingerprint density at radius 2 is 2.12 bits per heavy atom. The van der Waals surface area contributed by atoms with Crippen LogP contribution >= 0.6 is 11.3 Å². The third kappa shape index (κ3) is 2.38. The van der Waals surface area contributed by atoms with Gasteiger partial charge in [0.15, 0.2) is 5.78 Å². The third-order valence-electron chi connectivity index (χ3n) is 5.85. The van der Waals surface area contributed by atoms with Crippen LogP contribution in [-0.4, -0.2) is 10.8 Å². The van der Waals surface area contributed by atoms with Crippen LogP contribution in [0.15, 0.2) is 22.8 Å². The van der Waals surface area contributed by atoms with Gasteiger partial charge >= 0.3 is 0 Å². The second kappa shape index (κ2) is 5.53. The second-order valence-corrected chi connectivity index (χ2v) is 9.84. The molecule has 0 fully saturated rings. The molecule has 0 saturated heterocycles. The van der Waals surface area contributed by atoms with Gasteiger partial charge in [-0.1, -0.05) is 20.8 Å². The number of ketones is 1. The zero-order valence-corrected chi connectivity index (χ0v) is 16.3. The first-order chi connectivity index (χ1) is 12.4. The fourth-order valence-corrected chi connectivity index (χ4v) is 6.07. The van der Waals surface area contributed by atoms with E-state index in [0.29, 0.717) is 6.42 Å². The molecule has 0 bridgehead atoms. The van der Waals surface area contributed by atoms with E-state index in [0.717, 1.165) is 52.6 Å². The van der Waals surface area contributed by atoms with Crippen LogP contribution in [0.3, 0.4) is 0 Å². The van der Waals surface area contributed by atoms with Crippen LogP contribution in [0.4, 0.5) is 0 Å². The first-order valence-electron chi connectivity index (χ1n) is 9.47. The van der Waals surface area contributed by atoms with Crippen molar-refractivity contribution in [2.45, 2.75) is 52.9 Å². The van der Waals surface area contributed by atoms with Gasteiger partial charge in [0.05, 0.1) is 17.5 Å². The van der Waals surface area contributed by atoms with Crippen LogP contribution in [0.5, 0.6) is 0 Å². The first-order valence-corrected chi connectivity index (χ1v) is 10.3. The number of hydrogen-bond acceptors (Lipinski definition) is 4. The molecule has 2 aliphatic carbocycles. The standard InChI is InChI=1S/C22H23NO2S/c1-12-6-7-13-17(9-12)26-21-18(13)20(16-5-4-8-25-16)19-14(23-21)10-22(2,3)11-15(19)24/h4-5,8,12H,6-7,9-11H2,1-3H3/t12-/m1/s1. The summed E-state index contributed by atoms with van der Waals surface area (Å²) >= 11 is 1.83. The molecule has 0 saturated carbocycles. The van der Waals surface area contributed by atoms with E-state index >= 15 is 0 Å². The summed E-state index contributed by atoms with van der Waals surface area (Å²) in [5, 5.41) is 1.18. The van der Waals surface area contributed by atoms with Crippen molar-refractivity contribution in [1.82, 2.24) is 4.98 Å². The van der Waals surface area contributed by atoms with Crippen molar-refractivity contribution in [3.63, 3.8) is 0 Å². The van der Waals surface area contributed by atoms with Crippen LogP contribution in [0, 0.1) is 11.3 Å². The maximum absolute atomic E-state index is 13.1. The largest absolute Gasteiger partial charge is 0.464 e. The molecule has 3 nitrogen and oxygen atoms in total. The first kappa shape index (κ1) is 16.2. The average Bonchev–Trinajstić information content (AvgIpc) is 3.18. The maximum Gasteiger partial charge on any atom is 0.166 e. The molecule has 5 rings (SSSR count). The zero-order valence-electron chi connectivity index (χ0n) is 15.5. The molecule has 3 aromatic heterocycles. The van der Waals surface area contributed by atoms with E-state index in [1.54, 1.807) is 6.26 Å². The van der Waals surface area contributed by atoms with Crippen LogP contribution in [0.2, 0.25) is 0 Å². The van der Waals surface area contributed by atoms with Gasteiger partial charge in [-0.05, 0) is 54.7 Å². The number of carbonyl (C=O) groups is 1. The summed E-state index contributed by atoms with van der Waals surface area (Å²) in [6, 6.07) is 3.89. The molecule has 0 unspecified atom stereocenters. The van der Waals surface area contributed by atoms with Crippen LogP contribution < -0.4 is 0 Å². The van der Waals surface area contributed by atoms with Gasteiger partial charge in [-0.2, -0.15) is 0 Å². The molecule has 0 radical (unpaired) electrons. The number of thiophene rings is 1. The fourth-order valence-electron chi connectivity index (χ4n) is 4.66. The summed E-state index contributed by atoms with van der Waals surface area (Å²) < 4.78 is 5.80. The predicted octanol–water partition coefficient (Wildman–Crippen LogP) is 5.84. The van der Waals surface area contributed by atoms with E-state index in [4.69, 9.17) is 9.40 Å². The third-order valence-corrected chi connectivity index (χ3v) is 7.00. The Morgan fingerprint density at radius 3 is 2.88 bits per heavy atom. The summed E-state index contributed by atoms with van der Waals surface area (Å²) in [6.07, 6.45) is 6.52. The predicted molar refractivity (Wildman–Crippen MR) is 105 cm³/mol. The molecular weight excluding hydrogens is 342 g/mol. The fraction of sp³-hybridized carbons (Fsp3) is 0.455. The molecule has 4 heteroatoms. The van der Waals surface area contributed by atoms with E-state index in [2.05, 4.69) is 20.8 Å². The number of carbonyl (C=O) groups excluding carboxylic acids is 1. The van der Waals surface area contributed by atoms with Crippen LogP contribution in [0.25, 0.3) is 21.5 Å². The molecule has 3 aromatic rings. The lowest BCUT2D eigenvalue weighted by Gasteiger charge is -2.30. The van der Waals surface area contributed by atoms with Crippen molar-refractivity contribution in [3.8, 4) is 11.3 Å². The second-order valence-electron chi connectivity index (χ2n) is 8.76. The molecule has 0 amide bonds. The lowest BCUT2D eigenvalue weighted by atomic mass is 9.74. The van der Waals surface area contributed by atoms with Gasteiger partial charge in [-0.3, -0.25) is 4.79 Å². The highest BCUT2D eigenvalue weighted by Gasteiger charge is 2.37. The minimum absolute atomic E-state index is 0.0312. The number of pyridine rings is 1. The lowest BCUT2D eigenvalue weighted by molar-refractivity contribution is 0.0911. The van der Waals surface area contributed by atoms with Gasteiger partial charge in [-0.25, -0.2) is 4.98 Å². The molecule has 1 atom stereocenters. The lowest BCUT2D eigenvalue weighted by Crippen LogP contribution is -2.28. The minimum Gasteiger partial charge on any atom is -0.464 e. The smallest absolute Gasteiger partial charge is 0.166 e. The minimum atomic E-state index is -0.0312. The molecule has 3 heterocycles. The van der Waals surface area contributed by atoms with Gasteiger partial charge in [0, 0.05) is 22.2 Å². The highest BCUT2D eigenvalue weighted by molar-refractivity contribution is 7.19. The Balaban J connectivity index is 1.87. The highest BCUT2D eigenvalue weighted by atomic mass is 32.1. The Kier molecular flexibility index (Phi) is 3.45. The summed E-state index contributed by atoms with van der Waals surface area (Å²) in [5.41, 5.74) is 4.14. The SMILES string of the molecule is C[C@@H]1CCc2c(sc3nc4c(c(-c5ccco5)c23)C(=O)CC(C)(C)C4)C1. The molecule has 0 spiro atoms. The Labute approximate surface area is 157 Å². The van der Waals surface area contributed by atoms with Crippen molar-refractivity contribution in [1.29, 1.82) is 0 Å². The molecular formula is C22H23NO2S. The monoisotopic (exact) mass is 365 g/mol. The summed E-state index contributed by atoms with van der Waals surface area (Å²) in [5.74, 6) is 1.74. The molecule has 0 aliphatic heterocycles. The van der Waals surface area contributed by atoms with Crippen molar-refractivity contribution in [2.24, 2.45) is 11.3 Å². The van der Waals surface area contributed by atoms with Crippen LogP contribution in [0.1, 0.15) is 60.1 Å². The number of hydrogen-bond donors (Lipinski definition) is 0. The number of fused-ring (bicyclic) bond motifs is 4. The Hall–Kier alpha value is -1.94. The zero-order chi connectivity index (χ0) is 18.1. The average molecular weight is 365 g/mol. The maximum atomic E-state index is 13.1. The number of nitrogens with zero attached hydrogens (tertiary/aromatic N) is 1. The number of Topliss-reactive ketones (excluding diaryl/α,β-unsaturated/α-hetero) is 1. The van der Waals surface area contributed by atoms with Gasteiger partial charge in [0.25, 0.3) is 0 Å². The van der Waals surface area contributed by atoms with Crippen molar-refractivity contribution >= 4 is 27.3 Å². The van der Waals surface area contributed by atoms with E-state index in [1.165, 1.54) is 22.2 Å².